The summed E-state index contributed by atoms with van der Waals surface area (Å²) in [6.07, 6.45) is 2.96. The second kappa shape index (κ2) is 8.24. The summed E-state index contributed by atoms with van der Waals surface area (Å²) in [6, 6.07) is 6.83. The van der Waals surface area contributed by atoms with Gasteiger partial charge in [0.15, 0.2) is 0 Å². The quantitative estimate of drug-likeness (QED) is 0.748. The summed E-state index contributed by atoms with van der Waals surface area (Å²) in [6.45, 7) is 2.75. The molecule has 1 aliphatic rings. The average molecular weight is 337 g/mol. The van der Waals surface area contributed by atoms with Crippen molar-refractivity contribution in [1.29, 1.82) is 0 Å². The van der Waals surface area contributed by atoms with Gasteiger partial charge in [-0.05, 0) is 55.0 Å². The van der Waals surface area contributed by atoms with Gasteiger partial charge in [0.05, 0.1) is 6.61 Å². The monoisotopic (exact) mass is 337 g/mol. The van der Waals surface area contributed by atoms with Gasteiger partial charge < -0.3 is 15.2 Å². The Morgan fingerprint density at radius 2 is 1.91 bits per heavy atom. The maximum absolute atomic E-state index is 12.4. The van der Waals surface area contributed by atoms with Gasteiger partial charge in [0, 0.05) is 5.56 Å². The number of benzene rings is 1. The van der Waals surface area contributed by atoms with Crippen molar-refractivity contribution in [3.8, 4) is 5.75 Å². The molecular formula is C17H23NO4S. The first-order valence-electron chi connectivity index (χ1n) is 7.94. The van der Waals surface area contributed by atoms with E-state index >= 15 is 0 Å². The summed E-state index contributed by atoms with van der Waals surface area (Å²) >= 11 is 1.72. The molecule has 23 heavy (non-hydrogen) atoms. The molecule has 126 valence electrons. The van der Waals surface area contributed by atoms with Gasteiger partial charge in [-0.25, -0.2) is 4.79 Å². The molecule has 1 aromatic rings. The smallest absolute Gasteiger partial charge is 0.329 e. The summed E-state index contributed by atoms with van der Waals surface area (Å²) in [4.78, 5) is 24.0. The Hall–Kier alpha value is -1.69. The fourth-order valence-corrected chi connectivity index (χ4v) is 3.63. The topological polar surface area (TPSA) is 75.6 Å². The van der Waals surface area contributed by atoms with E-state index in [2.05, 4.69) is 12.2 Å². The van der Waals surface area contributed by atoms with Crippen molar-refractivity contribution in [2.45, 2.75) is 38.1 Å². The molecule has 0 saturated carbocycles. The number of carbonyl (C=O) groups excluding carboxylic acids is 1. The fourth-order valence-electron chi connectivity index (χ4n) is 2.44. The van der Waals surface area contributed by atoms with Gasteiger partial charge in [-0.15, -0.1) is 0 Å². The van der Waals surface area contributed by atoms with E-state index in [4.69, 9.17) is 4.74 Å². The molecule has 5 nitrogen and oxygen atoms in total. The van der Waals surface area contributed by atoms with Crippen LogP contribution >= 0.6 is 11.8 Å². The predicted molar refractivity (Wildman–Crippen MR) is 91.2 cm³/mol. The summed E-state index contributed by atoms with van der Waals surface area (Å²) in [7, 11) is 0. The lowest BCUT2D eigenvalue weighted by Crippen LogP contribution is -2.56. The highest BCUT2D eigenvalue weighted by molar-refractivity contribution is 7.99. The highest BCUT2D eigenvalue weighted by Gasteiger charge is 2.41. The summed E-state index contributed by atoms with van der Waals surface area (Å²) in [5.74, 6) is 0.912. The van der Waals surface area contributed by atoms with Crippen molar-refractivity contribution in [3.63, 3.8) is 0 Å². The lowest BCUT2D eigenvalue weighted by molar-refractivity contribution is -0.144. The highest BCUT2D eigenvalue weighted by Crippen LogP contribution is 2.28. The highest BCUT2D eigenvalue weighted by atomic mass is 32.2. The molecule has 0 spiro atoms. The van der Waals surface area contributed by atoms with Crippen LogP contribution in [0.2, 0.25) is 0 Å². The van der Waals surface area contributed by atoms with Crippen molar-refractivity contribution in [1.82, 2.24) is 5.32 Å². The standard InChI is InChI=1S/C17H23NO4S/c1-2-3-10-22-14-6-4-13(5-7-14)15(19)18-17(16(20)21)8-11-23-12-9-17/h4-7H,2-3,8-12H2,1H3,(H,18,19)(H,20,21). The van der Waals surface area contributed by atoms with Gasteiger partial charge >= 0.3 is 5.97 Å². The number of thioether (sulfide) groups is 1. The molecule has 0 unspecified atom stereocenters. The van der Waals surface area contributed by atoms with Crippen molar-refractivity contribution >= 4 is 23.6 Å². The third-order valence-electron chi connectivity index (χ3n) is 3.99. The molecule has 1 fully saturated rings. The lowest BCUT2D eigenvalue weighted by Gasteiger charge is -2.33. The normalized spacial score (nSPS) is 16.6. The van der Waals surface area contributed by atoms with Crippen molar-refractivity contribution in [3.05, 3.63) is 29.8 Å². The zero-order chi connectivity index (χ0) is 16.7. The van der Waals surface area contributed by atoms with Crippen LogP contribution in [0.3, 0.4) is 0 Å². The maximum atomic E-state index is 12.4. The number of aliphatic carboxylic acids is 1. The molecule has 1 heterocycles. The van der Waals surface area contributed by atoms with E-state index in [1.807, 2.05) is 0 Å². The minimum atomic E-state index is -1.14. The van der Waals surface area contributed by atoms with Gasteiger partial charge in [0.25, 0.3) is 5.91 Å². The second-order valence-electron chi connectivity index (χ2n) is 5.68. The molecule has 1 aliphatic heterocycles. The van der Waals surface area contributed by atoms with E-state index in [-0.39, 0.29) is 5.91 Å². The Morgan fingerprint density at radius 1 is 1.26 bits per heavy atom. The first kappa shape index (κ1) is 17.7. The van der Waals surface area contributed by atoms with Gasteiger partial charge in [-0.2, -0.15) is 11.8 Å². The molecule has 1 aromatic carbocycles. The average Bonchev–Trinajstić information content (AvgIpc) is 2.56. The van der Waals surface area contributed by atoms with Crippen LogP contribution in [0.1, 0.15) is 43.0 Å². The van der Waals surface area contributed by atoms with E-state index < -0.39 is 11.5 Å². The van der Waals surface area contributed by atoms with E-state index in [0.29, 0.717) is 25.0 Å². The Kier molecular flexibility index (Phi) is 6.33. The number of hydrogen-bond donors (Lipinski definition) is 2. The number of unbranched alkanes of at least 4 members (excludes halogenated alkanes) is 1. The van der Waals surface area contributed by atoms with Crippen LogP contribution in [0.25, 0.3) is 0 Å². The third-order valence-corrected chi connectivity index (χ3v) is 4.98. The zero-order valence-electron chi connectivity index (χ0n) is 13.3. The number of nitrogens with one attached hydrogen (secondary N) is 1. The number of amides is 1. The zero-order valence-corrected chi connectivity index (χ0v) is 14.2. The SMILES string of the molecule is CCCCOc1ccc(C(=O)NC2(C(=O)O)CCSCC2)cc1. The molecule has 1 amide bonds. The molecular weight excluding hydrogens is 314 g/mol. The number of carbonyl (C=O) groups is 2. The van der Waals surface area contributed by atoms with Crippen LogP contribution in [-0.2, 0) is 4.79 Å². The van der Waals surface area contributed by atoms with Gasteiger partial charge in [0.2, 0.25) is 0 Å². The molecule has 6 heteroatoms. The van der Waals surface area contributed by atoms with Crippen LogP contribution in [0.4, 0.5) is 0 Å². The Balaban J connectivity index is 2.00. The minimum Gasteiger partial charge on any atom is -0.494 e. The lowest BCUT2D eigenvalue weighted by atomic mass is 9.92. The molecule has 0 radical (unpaired) electrons. The Labute approximate surface area is 140 Å². The molecule has 0 atom stereocenters. The van der Waals surface area contributed by atoms with Crippen molar-refractivity contribution in [2.75, 3.05) is 18.1 Å². The Morgan fingerprint density at radius 3 is 2.48 bits per heavy atom. The van der Waals surface area contributed by atoms with Crippen LogP contribution in [-0.4, -0.2) is 40.6 Å². The fraction of sp³-hybridized carbons (Fsp3) is 0.529. The summed E-state index contributed by atoms with van der Waals surface area (Å²) in [5.41, 5.74) is -0.690. The summed E-state index contributed by atoms with van der Waals surface area (Å²) < 4.78 is 5.56. The van der Waals surface area contributed by atoms with E-state index in [1.54, 1.807) is 36.0 Å². The largest absolute Gasteiger partial charge is 0.494 e. The second-order valence-corrected chi connectivity index (χ2v) is 6.90. The first-order valence-corrected chi connectivity index (χ1v) is 9.09. The number of hydrogen-bond acceptors (Lipinski definition) is 4. The number of carboxylic acid groups (broad SMARTS) is 1. The Bertz CT molecular complexity index is 538. The van der Waals surface area contributed by atoms with Crippen LogP contribution in [0, 0.1) is 0 Å². The van der Waals surface area contributed by atoms with Gasteiger partial charge in [-0.1, -0.05) is 13.3 Å². The van der Waals surface area contributed by atoms with E-state index in [9.17, 15) is 14.7 Å². The minimum absolute atomic E-state index is 0.348. The summed E-state index contributed by atoms with van der Waals surface area (Å²) in [5, 5.41) is 12.2. The van der Waals surface area contributed by atoms with E-state index in [1.165, 1.54) is 0 Å². The van der Waals surface area contributed by atoms with Crippen LogP contribution in [0.15, 0.2) is 24.3 Å². The number of rotatable bonds is 7. The first-order chi connectivity index (χ1) is 11.1. The molecule has 1 saturated heterocycles. The van der Waals surface area contributed by atoms with Gasteiger partial charge in [0.1, 0.15) is 11.3 Å². The van der Waals surface area contributed by atoms with Gasteiger partial charge in [-0.3, -0.25) is 4.79 Å². The molecule has 0 aromatic heterocycles. The van der Waals surface area contributed by atoms with Crippen molar-refractivity contribution < 1.29 is 19.4 Å². The van der Waals surface area contributed by atoms with Crippen molar-refractivity contribution in [2.24, 2.45) is 0 Å². The number of carboxylic acids is 1. The van der Waals surface area contributed by atoms with Crippen LogP contribution in [0.5, 0.6) is 5.75 Å². The molecule has 0 aliphatic carbocycles. The van der Waals surface area contributed by atoms with E-state index in [0.717, 1.165) is 30.1 Å². The number of ether oxygens (including phenoxy) is 1. The third kappa shape index (κ3) is 4.64. The molecule has 0 bridgehead atoms. The maximum Gasteiger partial charge on any atom is 0.329 e. The van der Waals surface area contributed by atoms with Crippen LogP contribution < -0.4 is 10.1 Å². The predicted octanol–water partition coefficient (Wildman–Crippen LogP) is 2.95. The molecule has 2 N–H and O–H groups in total. The molecule has 2 rings (SSSR count).